The first-order chi connectivity index (χ1) is 38.8. The van der Waals surface area contributed by atoms with Gasteiger partial charge < -0.3 is 40.3 Å². The molecule has 0 aromatic rings. The lowest BCUT2D eigenvalue weighted by Gasteiger charge is -2.40. The molecule has 1 heterocycles. The Morgan fingerprint density at radius 2 is 0.709 bits per heavy atom. The van der Waals surface area contributed by atoms with E-state index in [0.29, 0.717) is 12.8 Å². The Hall–Kier alpha value is -1.07. The van der Waals surface area contributed by atoms with Crippen LogP contribution < -0.4 is 5.32 Å². The summed E-state index contributed by atoms with van der Waals surface area (Å²) in [6.45, 7) is 3.90. The van der Waals surface area contributed by atoms with Gasteiger partial charge in [0.25, 0.3) is 0 Å². The second-order valence-electron chi connectivity index (χ2n) is 25.0. The molecule has 9 heteroatoms. The first kappa shape index (κ1) is 75.9. The molecule has 9 nitrogen and oxygen atoms in total. The Morgan fingerprint density at radius 1 is 0.418 bits per heavy atom. The van der Waals surface area contributed by atoms with Gasteiger partial charge in [0.1, 0.15) is 24.4 Å². The number of aliphatic hydroxyl groups is 5. The highest BCUT2D eigenvalue weighted by molar-refractivity contribution is 5.76. The lowest BCUT2D eigenvalue weighted by atomic mass is 9.99. The van der Waals surface area contributed by atoms with Crippen LogP contribution in [0.3, 0.4) is 0 Å². The molecule has 1 saturated heterocycles. The normalized spacial score (nSPS) is 18.5. The minimum absolute atomic E-state index is 0.133. The second-order valence-corrected chi connectivity index (χ2v) is 25.0. The zero-order valence-corrected chi connectivity index (χ0v) is 52.7. The number of rotatable bonds is 63. The fraction of sp³-hybridized carbons (Fsp3) is 0.957. The summed E-state index contributed by atoms with van der Waals surface area (Å²) in [5.41, 5.74) is 0. The molecule has 0 aliphatic carbocycles. The fourth-order valence-electron chi connectivity index (χ4n) is 11.8. The Labute approximate surface area is 490 Å². The number of hydrogen-bond acceptors (Lipinski definition) is 8. The first-order valence-electron chi connectivity index (χ1n) is 35.4. The summed E-state index contributed by atoms with van der Waals surface area (Å²) in [6.07, 6.45) is 70.0. The minimum Gasteiger partial charge on any atom is -0.394 e. The summed E-state index contributed by atoms with van der Waals surface area (Å²) in [4.78, 5) is 13.1. The minimum atomic E-state index is -1.55. The highest BCUT2D eigenvalue weighted by atomic mass is 16.7. The number of carbonyl (C=O) groups is 1. The molecule has 6 N–H and O–H groups in total. The molecule has 1 aliphatic heterocycles. The molecule has 470 valence electrons. The predicted octanol–water partition coefficient (Wildman–Crippen LogP) is 19.1. The van der Waals surface area contributed by atoms with Crippen molar-refractivity contribution < 1.29 is 39.8 Å². The number of allylic oxidation sites excluding steroid dienone is 2. The Morgan fingerprint density at radius 3 is 1.03 bits per heavy atom. The first-order valence-corrected chi connectivity index (χ1v) is 35.4. The van der Waals surface area contributed by atoms with E-state index in [-0.39, 0.29) is 12.5 Å². The molecule has 1 rings (SSSR count). The number of hydrogen-bond donors (Lipinski definition) is 6. The van der Waals surface area contributed by atoms with Gasteiger partial charge in [-0.2, -0.15) is 0 Å². The standard InChI is InChI=1S/C70H137NO8/c1-3-5-7-9-11-13-15-17-19-21-23-25-27-29-30-31-32-33-34-36-37-39-41-43-45-47-49-51-53-55-57-59-64(73)63(62-78-70-69(77)68(76)67(75)65(61-72)79-70)71-66(74)60-58-56-54-52-50-48-46-44-42-40-38-35-28-26-24-22-20-18-16-14-12-10-8-6-4-2/h22,24,63-65,67-70,72-73,75-77H,3-21,23,25-62H2,1-2H3,(H,71,74)/b24-22-. The molecule has 0 saturated carbocycles. The lowest BCUT2D eigenvalue weighted by Crippen LogP contribution is -2.60. The molecule has 1 fully saturated rings. The van der Waals surface area contributed by atoms with Crippen molar-refractivity contribution in [1.29, 1.82) is 0 Å². The maximum atomic E-state index is 13.1. The number of aliphatic hydroxyl groups excluding tert-OH is 5. The summed E-state index contributed by atoms with van der Waals surface area (Å²) < 4.78 is 11.4. The molecule has 7 atom stereocenters. The van der Waals surface area contributed by atoms with Gasteiger partial charge in [-0.1, -0.05) is 341 Å². The Bertz CT molecular complexity index is 1250. The van der Waals surface area contributed by atoms with Crippen LogP contribution in [0.25, 0.3) is 0 Å². The van der Waals surface area contributed by atoms with Gasteiger partial charge in [-0.3, -0.25) is 4.79 Å². The van der Waals surface area contributed by atoms with Gasteiger partial charge in [-0.25, -0.2) is 0 Å². The zero-order valence-electron chi connectivity index (χ0n) is 52.7. The van der Waals surface area contributed by atoms with Crippen molar-refractivity contribution in [1.82, 2.24) is 5.32 Å². The van der Waals surface area contributed by atoms with Gasteiger partial charge >= 0.3 is 0 Å². The van der Waals surface area contributed by atoms with Crippen LogP contribution in [0.5, 0.6) is 0 Å². The monoisotopic (exact) mass is 1120 g/mol. The van der Waals surface area contributed by atoms with Crippen molar-refractivity contribution in [3.05, 3.63) is 12.2 Å². The van der Waals surface area contributed by atoms with Crippen molar-refractivity contribution in [2.45, 2.75) is 416 Å². The van der Waals surface area contributed by atoms with Crippen LogP contribution in [0, 0.1) is 0 Å². The van der Waals surface area contributed by atoms with Gasteiger partial charge in [0.05, 0.1) is 25.4 Å². The van der Waals surface area contributed by atoms with Gasteiger partial charge in [0, 0.05) is 6.42 Å². The molecule has 7 unspecified atom stereocenters. The van der Waals surface area contributed by atoms with Crippen molar-refractivity contribution in [3.63, 3.8) is 0 Å². The topological polar surface area (TPSA) is 149 Å². The number of carbonyl (C=O) groups excluding carboxylic acids is 1. The summed E-state index contributed by atoms with van der Waals surface area (Å²) in [5.74, 6) is -0.136. The fourth-order valence-corrected chi connectivity index (χ4v) is 11.8. The van der Waals surface area contributed by atoms with Crippen molar-refractivity contribution in [3.8, 4) is 0 Å². The third kappa shape index (κ3) is 49.0. The number of unbranched alkanes of at least 4 members (excludes halogenated alkanes) is 51. The average molecular weight is 1120 g/mol. The van der Waals surface area contributed by atoms with E-state index >= 15 is 0 Å². The molecule has 1 aliphatic rings. The van der Waals surface area contributed by atoms with E-state index in [0.717, 1.165) is 38.5 Å². The Kier molecular flexibility index (Phi) is 57.7. The number of amides is 1. The average Bonchev–Trinajstić information content (AvgIpc) is 3.47. The van der Waals surface area contributed by atoms with E-state index in [2.05, 4.69) is 31.3 Å². The van der Waals surface area contributed by atoms with E-state index in [1.807, 2.05) is 0 Å². The lowest BCUT2D eigenvalue weighted by molar-refractivity contribution is -0.302. The molecule has 0 bridgehead atoms. The molecular weight excluding hydrogens is 983 g/mol. The SMILES string of the molecule is CCCCCCCCCC/C=C\CCCCCCCCCCCCCCCC(=O)NC(COC1OC(CO)C(O)C(O)C1O)C(O)CCCCCCCCCCCCCCCCCCCCCCCCCCCCCCCCC. The highest BCUT2D eigenvalue weighted by Crippen LogP contribution is 2.24. The summed E-state index contributed by atoms with van der Waals surface area (Å²) in [7, 11) is 0. The molecule has 0 aromatic carbocycles. The maximum absolute atomic E-state index is 13.1. The summed E-state index contributed by atoms with van der Waals surface area (Å²) >= 11 is 0. The van der Waals surface area contributed by atoms with Crippen LogP contribution in [0.4, 0.5) is 0 Å². The molecule has 0 aromatic heterocycles. The number of nitrogens with one attached hydrogen (secondary N) is 1. The quantitative estimate of drug-likeness (QED) is 0.0261. The van der Waals surface area contributed by atoms with E-state index in [1.54, 1.807) is 0 Å². The molecule has 79 heavy (non-hydrogen) atoms. The molecule has 0 radical (unpaired) electrons. The van der Waals surface area contributed by atoms with Crippen molar-refractivity contribution in [2.24, 2.45) is 0 Å². The van der Waals surface area contributed by atoms with E-state index in [4.69, 9.17) is 9.47 Å². The molecule has 1 amide bonds. The van der Waals surface area contributed by atoms with Gasteiger partial charge in [-0.05, 0) is 38.5 Å². The van der Waals surface area contributed by atoms with E-state index in [9.17, 15) is 30.3 Å². The van der Waals surface area contributed by atoms with Gasteiger partial charge in [0.2, 0.25) is 5.91 Å². The van der Waals surface area contributed by atoms with E-state index < -0.39 is 49.5 Å². The smallest absolute Gasteiger partial charge is 0.220 e. The second kappa shape index (κ2) is 60.1. The largest absolute Gasteiger partial charge is 0.394 e. The van der Waals surface area contributed by atoms with E-state index in [1.165, 1.54) is 308 Å². The molecular formula is C70H137NO8. The summed E-state index contributed by atoms with van der Waals surface area (Å²) in [6, 6.07) is -0.718. The highest BCUT2D eigenvalue weighted by Gasteiger charge is 2.44. The van der Waals surface area contributed by atoms with Crippen LogP contribution in [-0.4, -0.2) is 87.5 Å². The van der Waals surface area contributed by atoms with Crippen LogP contribution in [0.1, 0.15) is 373 Å². The maximum Gasteiger partial charge on any atom is 0.220 e. The van der Waals surface area contributed by atoms with Gasteiger partial charge in [-0.15, -0.1) is 0 Å². The van der Waals surface area contributed by atoms with Crippen LogP contribution >= 0.6 is 0 Å². The Balaban J connectivity index is 2.10. The summed E-state index contributed by atoms with van der Waals surface area (Å²) in [5, 5.41) is 55.0. The van der Waals surface area contributed by atoms with Crippen LogP contribution in [0.2, 0.25) is 0 Å². The third-order valence-electron chi connectivity index (χ3n) is 17.4. The van der Waals surface area contributed by atoms with Crippen LogP contribution in [-0.2, 0) is 14.3 Å². The van der Waals surface area contributed by atoms with Crippen molar-refractivity contribution in [2.75, 3.05) is 13.2 Å². The van der Waals surface area contributed by atoms with Gasteiger partial charge in [0.15, 0.2) is 6.29 Å². The molecule has 0 spiro atoms. The van der Waals surface area contributed by atoms with Crippen molar-refractivity contribution >= 4 is 5.91 Å². The zero-order chi connectivity index (χ0) is 57.2. The third-order valence-corrected chi connectivity index (χ3v) is 17.4. The predicted molar refractivity (Wildman–Crippen MR) is 337 cm³/mol. The number of ether oxygens (including phenoxy) is 2. The van der Waals surface area contributed by atoms with Crippen LogP contribution in [0.15, 0.2) is 12.2 Å².